The molecule has 0 saturated heterocycles. The fraction of sp³-hybridized carbons (Fsp3) is 0.333. The van der Waals surface area contributed by atoms with Gasteiger partial charge in [0.05, 0.1) is 18.6 Å². The molecule has 2 aromatic rings. The maximum Gasteiger partial charge on any atom is 0.0954 e. The molecular formula is C9H11N3S. The largest absolute Gasteiger partial charge is 0.329 e. The molecule has 0 radical (unpaired) electrons. The van der Waals surface area contributed by atoms with Gasteiger partial charge in [0.2, 0.25) is 0 Å². The summed E-state index contributed by atoms with van der Waals surface area (Å²) in [6.07, 6.45) is 3.71. The zero-order chi connectivity index (χ0) is 9.26. The fourth-order valence-corrected chi connectivity index (χ4v) is 1.77. The van der Waals surface area contributed by atoms with E-state index in [0.717, 1.165) is 12.2 Å². The van der Waals surface area contributed by atoms with Gasteiger partial charge in [0.1, 0.15) is 0 Å². The number of rotatable bonds is 2. The summed E-state index contributed by atoms with van der Waals surface area (Å²) in [7, 11) is 0. The minimum absolute atomic E-state index is 0.886. The summed E-state index contributed by atoms with van der Waals surface area (Å²) in [4.78, 5) is 5.51. The van der Waals surface area contributed by atoms with Gasteiger partial charge in [-0.25, -0.2) is 9.36 Å². The monoisotopic (exact) mass is 193 g/mol. The van der Waals surface area contributed by atoms with Crippen LogP contribution < -0.4 is 0 Å². The Kier molecular flexibility index (Phi) is 2.14. The van der Waals surface area contributed by atoms with Gasteiger partial charge in [-0.15, -0.1) is 0 Å². The lowest BCUT2D eigenvalue weighted by Crippen LogP contribution is -1.98. The van der Waals surface area contributed by atoms with E-state index in [0.29, 0.717) is 0 Å². The van der Waals surface area contributed by atoms with Crippen LogP contribution in [0.1, 0.15) is 16.3 Å². The molecule has 0 N–H and O–H groups in total. The van der Waals surface area contributed by atoms with Gasteiger partial charge in [0.25, 0.3) is 0 Å². The molecule has 0 unspecified atom stereocenters. The molecule has 4 heteroatoms. The minimum Gasteiger partial charge on any atom is -0.329 e. The molecule has 0 spiro atoms. The fourth-order valence-electron chi connectivity index (χ4n) is 1.20. The van der Waals surface area contributed by atoms with Gasteiger partial charge >= 0.3 is 0 Å². The van der Waals surface area contributed by atoms with Crippen LogP contribution in [0, 0.1) is 13.8 Å². The Morgan fingerprint density at radius 2 is 2.31 bits per heavy atom. The first-order chi connectivity index (χ1) is 6.27. The van der Waals surface area contributed by atoms with Crippen LogP contribution in [-0.2, 0) is 6.54 Å². The maximum absolute atomic E-state index is 4.24. The molecule has 0 aromatic carbocycles. The van der Waals surface area contributed by atoms with Crippen molar-refractivity contribution in [1.82, 2.24) is 13.9 Å². The van der Waals surface area contributed by atoms with Gasteiger partial charge in [0, 0.05) is 16.8 Å². The highest BCUT2D eigenvalue weighted by atomic mass is 32.1. The third-order valence-corrected chi connectivity index (χ3v) is 2.89. The minimum atomic E-state index is 0.886. The zero-order valence-corrected chi connectivity index (χ0v) is 8.51. The van der Waals surface area contributed by atoms with Crippen molar-refractivity contribution in [1.29, 1.82) is 0 Å². The Bertz CT molecular complexity index is 389. The lowest BCUT2D eigenvalue weighted by atomic mass is 10.3. The first kappa shape index (κ1) is 8.44. The Morgan fingerprint density at radius 3 is 2.85 bits per heavy atom. The quantitative estimate of drug-likeness (QED) is 0.730. The van der Waals surface area contributed by atoms with Gasteiger partial charge in [0.15, 0.2) is 0 Å². The standard InChI is InChI=1S/C9H11N3S/c1-7-8(2)12(6-10-7)5-9-3-4-11-13-9/h3-4,6H,5H2,1-2H3. The van der Waals surface area contributed by atoms with Crippen molar-refractivity contribution in [3.8, 4) is 0 Å². The van der Waals surface area contributed by atoms with E-state index in [1.54, 1.807) is 0 Å². The first-order valence-electron chi connectivity index (χ1n) is 4.15. The van der Waals surface area contributed by atoms with Crippen LogP contribution in [0.3, 0.4) is 0 Å². The van der Waals surface area contributed by atoms with Crippen molar-refractivity contribution in [2.24, 2.45) is 0 Å². The molecule has 2 rings (SSSR count). The van der Waals surface area contributed by atoms with E-state index in [1.165, 1.54) is 22.1 Å². The average molecular weight is 193 g/mol. The molecule has 2 aromatic heterocycles. The number of nitrogens with zero attached hydrogens (tertiary/aromatic N) is 3. The Balaban J connectivity index is 2.24. The van der Waals surface area contributed by atoms with Gasteiger partial charge in [-0.05, 0) is 31.4 Å². The Morgan fingerprint density at radius 1 is 1.46 bits per heavy atom. The van der Waals surface area contributed by atoms with Crippen molar-refractivity contribution in [3.05, 3.63) is 34.9 Å². The summed E-state index contributed by atoms with van der Waals surface area (Å²) in [5, 5.41) is 0. The van der Waals surface area contributed by atoms with Crippen molar-refractivity contribution in [2.45, 2.75) is 20.4 Å². The maximum atomic E-state index is 4.24. The number of aromatic nitrogens is 3. The van der Waals surface area contributed by atoms with Crippen molar-refractivity contribution >= 4 is 11.5 Å². The van der Waals surface area contributed by atoms with Crippen LogP contribution in [0.4, 0.5) is 0 Å². The second-order valence-electron chi connectivity index (χ2n) is 3.02. The summed E-state index contributed by atoms with van der Waals surface area (Å²) < 4.78 is 6.20. The molecule has 0 aliphatic carbocycles. The van der Waals surface area contributed by atoms with E-state index in [2.05, 4.69) is 20.8 Å². The summed E-state index contributed by atoms with van der Waals surface area (Å²) in [5.41, 5.74) is 2.33. The zero-order valence-electron chi connectivity index (χ0n) is 7.69. The Labute approximate surface area is 81.2 Å². The molecule has 2 heterocycles. The molecule has 0 fully saturated rings. The molecule has 0 aliphatic heterocycles. The second-order valence-corrected chi connectivity index (χ2v) is 3.94. The first-order valence-corrected chi connectivity index (χ1v) is 4.92. The highest BCUT2D eigenvalue weighted by molar-refractivity contribution is 7.05. The van der Waals surface area contributed by atoms with E-state index in [4.69, 9.17) is 0 Å². The third-order valence-electron chi connectivity index (χ3n) is 2.16. The van der Waals surface area contributed by atoms with Crippen LogP contribution in [0.25, 0.3) is 0 Å². The smallest absolute Gasteiger partial charge is 0.0954 e. The molecular weight excluding hydrogens is 182 g/mol. The molecule has 13 heavy (non-hydrogen) atoms. The molecule has 0 amide bonds. The predicted octanol–water partition coefficient (Wildman–Crippen LogP) is 2.00. The second kappa shape index (κ2) is 3.30. The number of imidazole rings is 1. The van der Waals surface area contributed by atoms with Gasteiger partial charge in [-0.1, -0.05) is 0 Å². The van der Waals surface area contributed by atoms with Gasteiger partial charge < -0.3 is 4.57 Å². The lowest BCUT2D eigenvalue weighted by Gasteiger charge is -2.01. The van der Waals surface area contributed by atoms with Gasteiger partial charge in [-0.3, -0.25) is 0 Å². The van der Waals surface area contributed by atoms with Crippen LogP contribution in [-0.4, -0.2) is 13.9 Å². The third kappa shape index (κ3) is 1.62. The molecule has 0 atom stereocenters. The van der Waals surface area contributed by atoms with Crippen LogP contribution in [0.2, 0.25) is 0 Å². The number of hydrogen-bond donors (Lipinski definition) is 0. The SMILES string of the molecule is Cc1ncn(Cc2ccns2)c1C. The van der Waals surface area contributed by atoms with E-state index in [-0.39, 0.29) is 0 Å². The van der Waals surface area contributed by atoms with Gasteiger partial charge in [-0.2, -0.15) is 0 Å². The molecule has 0 bridgehead atoms. The van der Waals surface area contributed by atoms with Crippen molar-refractivity contribution in [3.63, 3.8) is 0 Å². The lowest BCUT2D eigenvalue weighted by molar-refractivity contribution is 0.779. The molecule has 68 valence electrons. The van der Waals surface area contributed by atoms with Crippen LogP contribution in [0.15, 0.2) is 18.6 Å². The highest BCUT2D eigenvalue weighted by Crippen LogP contribution is 2.10. The van der Waals surface area contributed by atoms with E-state index in [1.807, 2.05) is 25.5 Å². The van der Waals surface area contributed by atoms with E-state index < -0.39 is 0 Å². The van der Waals surface area contributed by atoms with E-state index >= 15 is 0 Å². The van der Waals surface area contributed by atoms with Crippen LogP contribution in [0.5, 0.6) is 0 Å². The molecule has 0 saturated carbocycles. The number of hydrogen-bond acceptors (Lipinski definition) is 3. The average Bonchev–Trinajstić information content (AvgIpc) is 2.71. The van der Waals surface area contributed by atoms with E-state index in [9.17, 15) is 0 Å². The summed E-state index contributed by atoms with van der Waals surface area (Å²) in [6, 6.07) is 2.04. The van der Waals surface area contributed by atoms with Crippen molar-refractivity contribution in [2.75, 3.05) is 0 Å². The predicted molar refractivity (Wildman–Crippen MR) is 52.9 cm³/mol. The topological polar surface area (TPSA) is 30.7 Å². The Hall–Kier alpha value is -1.16. The normalized spacial score (nSPS) is 10.6. The summed E-state index contributed by atoms with van der Waals surface area (Å²) in [5.74, 6) is 0. The molecule has 3 nitrogen and oxygen atoms in total. The summed E-state index contributed by atoms with van der Waals surface area (Å²) >= 11 is 1.54. The van der Waals surface area contributed by atoms with Crippen LogP contribution >= 0.6 is 11.5 Å². The highest BCUT2D eigenvalue weighted by Gasteiger charge is 2.02. The molecule has 0 aliphatic rings. The van der Waals surface area contributed by atoms with Crippen molar-refractivity contribution < 1.29 is 0 Å². The number of aryl methyl sites for hydroxylation is 1. The summed E-state index contributed by atoms with van der Waals surface area (Å²) in [6.45, 7) is 5.00.